The Labute approximate surface area is 124 Å². The minimum Gasteiger partial charge on any atom is -0.344 e. The molecule has 1 amide bonds. The topological polar surface area (TPSA) is 46.3 Å². The third-order valence-electron chi connectivity index (χ3n) is 3.07. The van der Waals surface area contributed by atoms with Crippen LogP contribution in [0.4, 0.5) is 0 Å². The van der Waals surface area contributed by atoms with Gasteiger partial charge in [-0.2, -0.15) is 0 Å². The van der Waals surface area contributed by atoms with E-state index in [0.717, 1.165) is 17.3 Å². The minimum absolute atomic E-state index is 0.0332. The van der Waals surface area contributed by atoms with Crippen molar-refractivity contribution in [3.8, 4) is 0 Å². The molecule has 0 saturated carbocycles. The molecule has 0 heterocycles. The maximum absolute atomic E-state index is 12.0. The largest absolute Gasteiger partial charge is 0.344 e. The average molecular weight is 327 g/mol. The Hall–Kier alpha value is -0.870. The Morgan fingerprint density at radius 3 is 2.42 bits per heavy atom. The number of carbonyl (C=O) groups excluding carboxylic acids is 1. The van der Waals surface area contributed by atoms with E-state index in [2.05, 4.69) is 41.9 Å². The zero-order chi connectivity index (χ0) is 14.4. The van der Waals surface area contributed by atoms with Crippen molar-refractivity contribution < 1.29 is 4.79 Å². The highest BCUT2D eigenvalue weighted by atomic mass is 79.9. The van der Waals surface area contributed by atoms with Crippen LogP contribution in [0.5, 0.6) is 0 Å². The van der Waals surface area contributed by atoms with Crippen molar-refractivity contribution in [1.82, 2.24) is 4.90 Å². The van der Waals surface area contributed by atoms with E-state index in [9.17, 15) is 4.79 Å². The van der Waals surface area contributed by atoms with E-state index in [1.165, 1.54) is 5.56 Å². The molecule has 1 aromatic carbocycles. The maximum atomic E-state index is 12.0. The fourth-order valence-electron chi connectivity index (χ4n) is 1.95. The van der Waals surface area contributed by atoms with Crippen LogP contribution in [0.1, 0.15) is 25.8 Å². The first-order chi connectivity index (χ1) is 8.90. The highest BCUT2D eigenvalue weighted by Crippen LogP contribution is 2.11. The number of amides is 1. The number of likely N-dealkylation sites (N-methyl/N-ethyl adjacent to an activating group) is 1. The molecule has 0 aliphatic heterocycles. The molecule has 4 heteroatoms. The summed E-state index contributed by atoms with van der Waals surface area (Å²) in [5.74, 6) is 0.477. The summed E-state index contributed by atoms with van der Waals surface area (Å²) in [6.45, 7) is 4.86. The molecule has 19 heavy (non-hydrogen) atoms. The lowest BCUT2D eigenvalue weighted by molar-refractivity contribution is -0.131. The smallest absolute Gasteiger partial charge is 0.239 e. The van der Waals surface area contributed by atoms with Crippen molar-refractivity contribution in [2.45, 2.75) is 32.7 Å². The summed E-state index contributed by atoms with van der Waals surface area (Å²) < 4.78 is 1.07. The molecule has 106 valence electrons. The Bertz CT molecular complexity index is 403. The van der Waals surface area contributed by atoms with Gasteiger partial charge in [-0.3, -0.25) is 4.79 Å². The number of benzene rings is 1. The number of hydrogen-bond acceptors (Lipinski definition) is 2. The van der Waals surface area contributed by atoms with Crippen molar-refractivity contribution in [3.05, 3.63) is 34.3 Å². The first-order valence-electron chi connectivity index (χ1n) is 6.65. The third kappa shape index (κ3) is 5.74. The lowest BCUT2D eigenvalue weighted by atomic mass is 10.0. The molecule has 1 aromatic rings. The van der Waals surface area contributed by atoms with Gasteiger partial charge in [0.25, 0.3) is 0 Å². The Kier molecular flexibility index (Phi) is 6.52. The van der Waals surface area contributed by atoms with Gasteiger partial charge in [0.15, 0.2) is 0 Å². The molecule has 0 unspecified atom stereocenters. The van der Waals surface area contributed by atoms with Gasteiger partial charge in [0, 0.05) is 18.1 Å². The lowest BCUT2D eigenvalue weighted by Crippen LogP contribution is -2.43. The third-order valence-corrected chi connectivity index (χ3v) is 3.60. The van der Waals surface area contributed by atoms with Gasteiger partial charge in [0.05, 0.1) is 6.04 Å². The highest BCUT2D eigenvalue weighted by Gasteiger charge is 2.18. The molecular formula is C15H23BrN2O. The number of nitrogens with two attached hydrogens (primary N) is 1. The van der Waals surface area contributed by atoms with Crippen molar-refractivity contribution in [3.63, 3.8) is 0 Å². The molecule has 2 N–H and O–H groups in total. The van der Waals surface area contributed by atoms with Crippen molar-refractivity contribution in [1.29, 1.82) is 0 Å². The molecule has 0 aromatic heterocycles. The van der Waals surface area contributed by atoms with Crippen molar-refractivity contribution in [2.24, 2.45) is 11.7 Å². The fraction of sp³-hybridized carbons (Fsp3) is 0.533. The second kappa shape index (κ2) is 7.65. The van der Waals surface area contributed by atoms with Crippen LogP contribution in [-0.4, -0.2) is 30.4 Å². The molecule has 1 rings (SSSR count). The molecule has 0 saturated heterocycles. The van der Waals surface area contributed by atoms with E-state index < -0.39 is 0 Å². The number of nitrogens with zero attached hydrogens (tertiary/aromatic N) is 1. The molecule has 0 spiro atoms. The van der Waals surface area contributed by atoms with Crippen LogP contribution in [-0.2, 0) is 11.2 Å². The number of hydrogen-bond donors (Lipinski definition) is 1. The average Bonchev–Trinajstić information content (AvgIpc) is 2.36. The zero-order valence-electron chi connectivity index (χ0n) is 11.9. The van der Waals surface area contributed by atoms with Crippen molar-refractivity contribution >= 4 is 21.8 Å². The molecule has 3 nitrogen and oxygen atoms in total. The molecule has 0 aliphatic carbocycles. The quantitative estimate of drug-likeness (QED) is 0.873. The normalized spacial score (nSPS) is 12.5. The highest BCUT2D eigenvalue weighted by molar-refractivity contribution is 9.10. The summed E-state index contributed by atoms with van der Waals surface area (Å²) in [5.41, 5.74) is 7.13. The van der Waals surface area contributed by atoms with Crippen LogP contribution >= 0.6 is 15.9 Å². The predicted molar refractivity (Wildman–Crippen MR) is 82.9 cm³/mol. The van der Waals surface area contributed by atoms with Crippen LogP contribution in [0.3, 0.4) is 0 Å². The van der Waals surface area contributed by atoms with Crippen LogP contribution < -0.4 is 5.73 Å². The van der Waals surface area contributed by atoms with Gasteiger partial charge in [-0.05, 0) is 36.5 Å². The van der Waals surface area contributed by atoms with E-state index in [1.54, 1.807) is 4.90 Å². The number of halogens is 1. The van der Waals surface area contributed by atoms with Gasteiger partial charge in [-0.1, -0.05) is 41.9 Å². The van der Waals surface area contributed by atoms with Crippen molar-refractivity contribution in [2.75, 3.05) is 13.6 Å². The van der Waals surface area contributed by atoms with Gasteiger partial charge >= 0.3 is 0 Å². The summed E-state index contributed by atoms with van der Waals surface area (Å²) in [7, 11) is 1.82. The van der Waals surface area contributed by atoms with Crippen LogP contribution in [0, 0.1) is 5.92 Å². The summed E-state index contributed by atoms with van der Waals surface area (Å²) in [5, 5.41) is 0. The van der Waals surface area contributed by atoms with Crippen LogP contribution in [0.25, 0.3) is 0 Å². The van der Waals surface area contributed by atoms with Gasteiger partial charge in [0.1, 0.15) is 0 Å². The van der Waals surface area contributed by atoms with E-state index >= 15 is 0 Å². The predicted octanol–water partition coefficient (Wildman–Crippen LogP) is 2.82. The van der Waals surface area contributed by atoms with Crippen LogP contribution in [0.2, 0.25) is 0 Å². The van der Waals surface area contributed by atoms with Gasteiger partial charge in [-0.25, -0.2) is 0 Å². The summed E-state index contributed by atoms with van der Waals surface area (Å²) in [4.78, 5) is 13.8. The lowest BCUT2D eigenvalue weighted by Gasteiger charge is -2.22. The molecule has 0 aliphatic rings. The second-order valence-corrected chi connectivity index (χ2v) is 6.29. The van der Waals surface area contributed by atoms with E-state index in [4.69, 9.17) is 5.73 Å². The maximum Gasteiger partial charge on any atom is 0.239 e. The van der Waals surface area contributed by atoms with Crippen LogP contribution in [0.15, 0.2) is 28.7 Å². The van der Waals surface area contributed by atoms with E-state index in [-0.39, 0.29) is 11.9 Å². The second-order valence-electron chi connectivity index (χ2n) is 5.37. The standard InChI is InChI=1S/C15H23BrN2O/c1-11(2)10-14(17)15(19)18(3)9-8-12-4-6-13(16)7-5-12/h4-7,11,14H,8-10,17H2,1-3H3/t14-/m0/s1. The first kappa shape index (κ1) is 16.2. The summed E-state index contributed by atoms with van der Waals surface area (Å²) in [6, 6.07) is 7.78. The summed E-state index contributed by atoms with van der Waals surface area (Å²) >= 11 is 3.41. The van der Waals surface area contributed by atoms with Gasteiger partial charge < -0.3 is 10.6 Å². The molecule has 1 atom stereocenters. The van der Waals surface area contributed by atoms with E-state index in [1.807, 2.05) is 19.2 Å². The Balaban J connectivity index is 2.44. The molecule has 0 fully saturated rings. The molecular weight excluding hydrogens is 304 g/mol. The SMILES string of the molecule is CC(C)C[C@H](N)C(=O)N(C)CCc1ccc(Br)cc1. The molecule has 0 radical (unpaired) electrons. The van der Waals surface area contributed by atoms with Gasteiger partial charge in [-0.15, -0.1) is 0 Å². The zero-order valence-corrected chi connectivity index (χ0v) is 13.5. The minimum atomic E-state index is -0.380. The number of rotatable bonds is 6. The summed E-state index contributed by atoms with van der Waals surface area (Å²) in [6.07, 6.45) is 1.59. The molecule has 0 bridgehead atoms. The first-order valence-corrected chi connectivity index (χ1v) is 7.44. The fourth-order valence-corrected chi connectivity index (χ4v) is 2.21. The van der Waals surface area contributed by atoms with E-state index in [0.29, 0.717) is 12.5 Å². The number of carbonyl (C=O) groups is 1. The van der Waals surface area contributed by atoms with Gasteiger partial charge in [0.2, 0.25) is 5.91 Å². The Morgan fingerprint density at radius 1 is 1.32 bits per heavy atom. The monoisotopic (exact) mass is 326 g/mol. The Morgan fingerprint density at radius 2 is 1.89 bits per heavy atom.